The smallest absolute Gasteiger partial charge is 0.328 e. The summed E-state index contributed by atoms with van der Waals surface area (Å²) in [4.78, 5) is 38.8. The van der Waals surface area contributed by atoms with Gasteiger partial charge in [-0.3, -0.25) is 19.8 Å². The average molecular weight is 628 g/mol. The highest BCUT2D eigenvalue weighted by atomic mass is 79.9. The third kappa shape index (κ3) is 6.39. The maximum atomic E-state index is 13.3. The van der Waals surface area contributed by atoms with E-state index < -0.39 is 17.7 Å². The van der Waals surface area contributed by atoms with E-state index in [-0.39, 0.29) is 5.69 Å². The summed E-state index contributed by atoms with van der Waals surface area (Å²) in [6.45, 7) is 4.48. The molecule has 10 heteroatoms. The van der Waals surface area contributed by atoms with Crippen LogP contribution in [0.15, 0.2) is 75.7 Å². The second kappa shape index (κ2) is 11.6. The van der Waals surface area contributed by atoms with Gasteiger partial charge in [-0.1, -0.05) is 38.8 Å². The molecule has 0 aliphatic heterocycles. The second-order valence-electron chi connectivity index (χ2n) is 8.25. The van der Waals surface area contributed by atoms with Crippen LogP contribution in [0.4, 0.5) is 11.4 Å². The molecular formula is C27H24Br2N4O4. The van der Waals surface area contributed by atoms with Crippen molar-refractivity contribution >= 4 is 71.9 Å². The minimum absolute atomic E-state index is 0.161. The van der Waals surface area contributed by atoms with Crippen LogP contribution in [0.5, 0.6) is 5.75 Å². The maximum absolute atomic E-state index is 13.3. The third-order valence-corrected chi connectivity index (χ3v) is 6.42. The number of anilines is 2. The Labute approximate surface area is 230 Å². The molecule has 0 fully saturated rings. The number of nitrogens with zero attached hydrogens (tertiary/aromatic N) is 1. The van der Waals surface area contributed by atoms with Gasteiger partial charge in [-0.05, 0) is 85.6 Å². The van der Waals surface area contributed by atoms with E-state index >= 15 is 0 Å². The lowest BCUT2D eigenvalue weighted by atomic mass is 10.2. The number of carbonyl (C=O) groups excluding carboxylic acids is 3. The number of rotatable bonds is 7. The molecule has 0 saturated carbocycles. The van der Waals surface area contributed by atoms with Crippen LogP contribution in [0.2, 0.25) is 0 Å². The molecule has 0 radical (unpaired) electrons. The predicted molar refractivity (Wildman–Crippen MR) is 152 cm³/mol. The van der Waals surface area contributed by atoms with Gasteiger partial charge >= 0.3 is 11.8 Å². The Morgan fingerprint density at radius 2 is 1.57 bits per heavy atom. The summed E-state index contributed by atoms with van der Waals surface area (Å²) >= 11 is 6.84. The highest BCUT2D eigenvalue weighted by Gasteiger charge is 2.21. The number of aryl methyl sites for hydroxylation is 1. The largest absolute Gasteiger partial charge is 0.494 e. The molecule has 3 amide bonds. The topological polar surface area (TPSA) is 101 Å². The van der Waals surface area contributed by atoms with Gasteiger partial charge < -0.3 is 15.4 Å². The second-order valence-corrected chi connectivity index (χ2v) is 10.1. The zero-order valence-electron chi connectivity index (χ0n) is 20.1. The zero-order valence-corrected chi connectivity index (χ0v) is 23.3. The number of hydrogen-bond donors (Lipinski definition) is 3. The number of halogens is 2. The molecule has 0 aliphatic carbocycles. The van der Waals surface area contributed by atoms with E-state index in [2.05, 4.69) is 47.9 Å². The van der Waals surface area contributed by atoms with Gasteiger partial charge in [0.15, 0.2) is 0 Å². The van der Waals surface area contributed by atoms with Gasteiger partial charge in [-0.15, -0.1) is 0 Å². The fourth-order valence-corrected chi connectivity index (χ4v) is 4.48. The van der Waals surface area contributed by atoms with Crippen LogP contribution in [-0.4, -0.2) is 29.0 Å². The Bertz CT molecular complexity index is 1480. The highest BCUT2D eigenvalue weighted by Crippen LogP contribution is 2.25. The molecule has 4 aromatic rings. The van der Waals surface area contributed by atoms with Crippen molar-refractivity contribution in [2.24, 2.45) is 0 Å². The summed E-state index contributed by atoms with van der Waals surface area (Å²) in [5.74, 6) is -1.58. The molecule has 0 spiro atoms. The molecule has 4 rings (SSSR count). The molecule has 8 nitrogen and oxygen atoms in total. The molecule has 0 saturated heterocycles. The van der Waals surface area contributed by atoms with Crippen molar-refractivity contribution in [3.05, 3.63) is 86.9 Å². The number of amides is 3. The molecule has 0 unspecified atom stereocenters. The van der Waals surface area contributed by atoms with E-state index in [0.29, 0.717) is 34.6 Å². The summed E-state index contributed by atoms with van der Waals surface area (Å²) < 4.78 is 8.55. The first kappa shape index (κ1) is 26.4. The van der Waals surface area contributed by atoms with Gasteiger partial charge in [-0.25, -0.2) is 4.68 Å². The zero-order chi connectivity index (χ0) is 26.5. The van der Waals surface area contributed by atoms with E-state index in [0.717, 1.165) is 20.9 Å². The predicted octanol–water partition coefficient (Wildman–Crippen LogP) is 6.22. The lowest BCUT2D eigenvalue weighted by Gasteiger charge is -2.14. The van der Waals surface area contributed by atoms with Crippen LogP contribution >= 0.6 is 31.9 Å². The number of ether oxygens (including phenoxy) is 1. The molecular weight excluding hydrogens is 604 g/mol. The summed E-state index contributed by atoms with van der Waals surface area (Å²) in [7, 11) is 0. The number of nitrogens with one attached hydrogen (secondary N) is 3. The molecule has 190 valence electrons. The van der Waals surface area contributed by atoms with Gasteiger partial charge in [0.2, 0.25) is 0 Å². The maximum Gasteiger partial charge on any atom is 0.328 e. The molecule has 0 bridgehead atoms. The van der Waals surface area contributed by atoms with Gasteiger partial charge in [0.1, 0.15) is 11.4 Å². The Balaban J connectivity index is 1.56. The van der Waals surface area contributed by atoms with E-state index in [9.17, 15) is 14.4 Å². The molecule has 3 N–H and O–H groups in total. The number of hydrogen-bond acceptors (Lipinski definition) is 4. The van der Waals surface area contributed by atoms with Crippen molar-refractivity contribution < 1.29 is 19.1 Å². The number of benzene rings is 3. The molecule has 0 atom stereocenters. The van der Waals surface area contributed by atoms with Crippen LogP contribution in [0, 0.1) is 6.92 Å². The van der Waals surface area contributed by atoms with Crippen LogP contribution in [0.1, 0.15) is 29.4 Å². The van der Waals surface area contributed by atoms with Gasteiger partial charge in [-0.2, -0.15) is 0 Å². The number of carbonyl (C=O) groups is 3. The molecule has 0 aliphatic rings. The monoisotopic (exact) mass is 626 g/mol. The Hall–Kier alpha value is -3.63. The molecule has 37 heavy (non-hydrogen) atoms. The molecule has 3 aromatic carbocycles. The first-order valence-electron chi connectivity index (χ1n) is 11.5. The number of fused-ring (bicyclic) bond motifs is 1. The van der Waals surface area contributed by atoms with Crippen LogP contribution in [0.3, 0.4) is 0 Å². The lowest BCUT2D eigenvalue weighted by molar-refractivity contribution is -0.133. The number of aromatic nitrogens is 1. The Kier molecular flexibility index (Phi) is 8.30. The fraction of sp³-hybridized carbons (Fsp3) is 0.148. The van der Waals surface area contributed by atoms with Gasteiger partial charge in [0.25, 0.3) is 5.91 Å². The lowest BCUT2D eigenvalue weighted by Crippen LogP contribution is -2.36. The normalized spacial score (nSPS) is 10.7. The highest BCUT2D eigenvalue weighted by molar-refractivity contribution is 9.10. The summed E-state index contributed by atoms with van der Waals surface area (Å²) in [5, 5.41) is 6.14. The van der Waals surface area contributed by atoms with E-state index in [1.807, 2.05) is 32.0 Å². The van der Waals surface area contributed by atoms with Crippen LogP contribution < -0.4 is 20.8 Å². The Morgan fingerprint density at radius 3 is 2.27 bits per heavy atom. The summed E-state index contributed by atoms with van der Waals surface area (Å²) in [6, 6.07) is 19.2. The van der Waals surface area contributed by atoms with Crippen molar-refractivity contribution in [2.75, 3.05) is 22.7 Å². The van der Waals surface area contributed by atoms with E-state index in [1.54, 1.807) is 48.5 Å². The van der Waals surface area contributed by atoms with Gasteiger partial charge in [0, 0.05) is 25.7 Å². The van der Waals surface area contributed by atoms with Crippen molar-refractivity contribution in [2.45, 2.75) is 20.3 Å². The van der Waals surface area contributed by atoms with Crippen molar-refractivity contribution in [3.8, 4) is 5.75 Å². The SMILES string of the molecule is CCCOc1ccc(NC(=O)C(=O)Nn2c(C(=O)Nc3ccc(Br)cc3C)cc3cc(Br)ccc32)cc1. The standard InChI is InChI=1S/C27H24Br2N4O4/c1-3-12-37-21-8-6-20(7-9-21)30-26(35)27(36)32-33-23-11-5-19(29)14-17(23)15-24(33)25(34)31-22-10-4-18(28)13-16(22)2/h4-11,13-15H,3,12H2,1-2H3,(H,30,35)(H,31,34)(H,32,36). The van der Waals surface area contributed by atoms with Crippen molar-refractivity contribution in [3.63, 3.8) is 0 Å². The average Bonchev–Trinajstić information content (AvgIpc) is 3.22. The fourth-order valence-electron chi connectivity index (χ4n) is 3.62. The first-order valence-corrected chi connectivity index (χ1v) is 13.1. The summed E-state index contributed by atoms with van der Waals surface area (Å²) in [5.41, 5.74) is 5.21. The van der Waals surface area contributed by atoms with Crippen molar-refractivity contribution in [1.29, 1.82) is 0 Å². The first-order chi connectivity index (χ1) is 17.7. The third-order valence-electron chi connectivity index (χ3n) is 5.44. The molecule has 1 aromatic heterocycles. The van der Waals surface area contributed by atoms with Crippen LogP contribution in [-0.2, 0) is 9.59 Å². The Morgan fingerprint density at radius 1 is 0.865 bits per heavy atom. The van der Waals surface area contributed by atoms with Gasteiger partial charge in [0.05, 0.1) is 12.1 Å². The summed E-state index contributed by atoms with van der Waals surface area (Å²) in [6.07, 6.45) is 0.881. The van der Waals surface area contributed by atoms with Crippen LogP contribution in [0.25, 0.3) is 10.9 Å². The minimum atomic E-state index is -0.930. The van der Waals surface area contributed by atoms with Crippen molar-refractivity contribution in [1.82, 2.24) is 4.68 Å². The minimum Gasteiger partial charge on any atom is -0.494 e. The quantitative estimate of drug-likeness (QED) is 0.212. The van der Waals surface area contributed by atoms with E-state index in [4.69, 9.17) is 4.74 Å². The molecule has 1 heterocycles. The van der Waals surface area contributed by atoms with E-state index in [1.165, 1.54) is 4.68 Å².